The molecule has 0 amide bonds. The van der Waals surface area contributed by atoms with E-state index >= 15 is 0 Å². The van der Waals surface area contributed by atoms with Gasteiger partial charge in [0.1, 0.15) is 6.10 Å². The van der Waals surface area contributed by atoms with Crippen molar-refractivity contribution in [3.05, 3.63) is 23.0 Å². The molecule has 0 aromatic heterocycles. The van der Waals surface area contributed by atoms with Gasteiger partial charge in [-0.3, -0.25) is 14.4 Å². The first-order valence-electron chi connectivity index (χ1n) is 10.5. The molecule has 3 saturated carbocycles. The van der Waals surface area contributed by atoms with Crippen molar-refractivity contribution < 1.29 is 24.2 Å². The first kappa shape index (κ1) is 19.4. The topological polar surface area (TPSA) is 80.7 Å². The normalized spacial score (nSPS) is 44.0. The second-order valence-corrected chi connectivity index (χ2v) is 9.68. The van der Waals surface area contributed by atoms with E-state index < -0.39 is 0 Å². The number of allylic oxidation sites excluding steroid dienone is 3. The summed E-state index contributed by atoms with van der Waals surface area (Å²) in [6.07, 6.45) is 7.65. The van der Waals surface area contributed by atoms with Crippen molar-refractivity contribution in [2.75, 3.05) is 0 Å². The van der Waals surface area contributed by atoms with Crippen molar-refractivity contribution in [2.45, 2.75) is 71.8 Å². The van der Waals surface area contributed by atoms with E-state index in [1.165, 1.54) is 12.5 Å². The first-order valence-corrected chi connectivity index (χ1v) is 10.5. The van der Waals surface area contributed by atoms with Crippen LogP contribution in [-0.2, 0) is 19.1 Å². The fourth-order valence-corrected chi connectivity index (χ4v) is 7.28. The van der Waals surface area contributed by atoms with E-state index in [1.54, 1.807) is 0 Å². The van der Waals surface area contributed by atoms with Crippen LogP contribution < -0.4 is 0 Å². The Hall–Kier alpha value is -1.91. The molecule has 4 rings (SSSR count). The highest BCUT2D eigenvalue weighted by Crippen LogP contribution is 2.67. The largest absolute Gasteiger partial charge is 0.505 e. The molecule has 4 aliphatic carbocycles. The summed E-state index contributed by atoms with van der Waals surface area (Å²) < 4.78 is 5.89. The molecule has 0 aromatic rings. The zero-order valence-corrected chi connectivity index (χ0v) is 17.0. The molecule has 3 fully saturated rings. The van der Waals surface area contributed by atoms with E-state index in [2.05, 4.69) is 13.8 Å². The van der Waals surface area contributed by atoms with E-state index in [9.17, 15) is 19.5 Å². The Morgan fingerprint density at radius 2 is 1.96 bits per heavy atom. The lowest BCUT2D eigenvalue weighted by molar-refractivity contribution is -0.170. The van der Waals surface area contributed by atoms with Gasteiger partial charge >= 0.3 is 5.97 Å². The maximum atomic E-state index is 12.0. The van der Waals surface area contributed by atoms with E-state index in [0.29, 0.717) is 31.0 Å². The molecular weight excluding hydrogens is 356 g/mol. The number of ketones is 1. The van der Waals surface area contributed by atoms with Gasteiger partial charge < -0.3 is 9.84 Å². The highest BCUT2D eigenvalue weighted by Gasteiger charge is 2.62. The number of carbonyl (C=O) groups excluding carboxylic acids is 3. The second kappa shape index (κ2) is 6.57. The van der Waals surface area contributed by atoms with Crippen LogP contribution in [0.5, 0.6) is 0 Å². The van der Waals surface area contributed by atoms with Gasteiger partial charge in [-0.25, -0.2) is 0 Å². The molecule has 0 heterocycles. The van der Waals surface area contributed by atoms with Crippen LogP contribution in [0.3, 0.4) is 0 Å². The van der Waals surface area contributed by atoms with Gasteiger partial charge in [0.25, 0.3) is 0 Å². The number of aldehydes is 1. The van der Waals surface area contributed by atoms with E-state index in [0.717, 1.165) is 37.7 Å². The number of carbonyl (C=O) groups is 3. The number of esters is 1. The Morgan fingerprint density at radius 1 is 1.21 bits per heavy atom. The van der Waals surface area contributed by atoms with Gasteiger partial charge in [0, 0.05) is 19.3 Å². The predicted octanol–water partition coefficient (Wildman–Crippen LogP) is 4.07. The fraction of sp³-hybridized carbons (Fsp3) is 0.696. The van der Waals surface area contributed by atoms with Crippen LogP contribution >= 0.6 is 0 Å². The maximum Gasteiger partial charge on any atom is 0.302 e. The molecule has 0 radical (unpaired) electrons. The van der Waals surface area contributed by atoms with Gasteiger partial charge in [-0.1, -0.05) is 19.4 Å². The van der Waals surface area contributed by atoms with Crippen LogP contribution in [0.2, 0.25) is 0 Å². The Labute approximate surface area is 166 Å². The minimum atomic E-state index is -0.325. The van der Waals surface area contributed by atoms with Gasteiger partial charge in [-0.15, -0.1) is 0 Å². The second-order valence-electron chi connectivity index (χ2n) is 9.68. The molecule has 6 atom stereocenters. The third-order valence-corrected chi connectivity index (χ3v) is 8.40. The third-order valence-electron chi connectivity index (χ3n) is 8.40. The van der Waals surface area contributed by atoms with Crippen LogP contribution in [0, 0.1) is 28.6 Å². The molecule has 1 N–H and O–H groups in total. The standard InChI is InChI=1S/C23H30O5/c1-13(25)28-20-11-23(3)17(6-7-18(23)19(27)12-24)16-5-4-14-10-15(26)8-9-22(14,2)21(16)20/h10,12,16-17,20-21,27H,4-9,11H2,1-3H3/b19-18-. The van der Waals surface area contributed by atoms with Crippen LogP contribution in [0.25, 0.3) is 0 Å². The summed E-state index contributed by atoms with van der Waals surface area (Å²) in [5, 5.41) is 10.3. The number of aliphatic hydroxyl groups is 1. The average molecular weight is 386 g/mol. The number of ether oxygens (including phenoxy) is 1. The molecule has 4 aliphatic rings. The molecule has 0 aromatic carbocycles. The van der Waals surface area contributed by atoms with Crippen LogP contribution in [0.4, 0.5) is 0 Å². The minimum absolute atomic E-state index is 0.128. The Bertz CT molecular complexity index is 793. The van der Waals surface area contributed by atoms with Crippen LogP contribution in [0.1, 0.15) is 65.7 Å². The highest BCUT2D eigenvalue weighted by molar-refractivity contribution is 5.91. The molecule has 5 nitrogen and oxygen atoms in total. The third kappa shape index (κ3) is 2.69. The smallest absolute Gasteiger partial charge is 0.302 e. The molecular formula is C23H30O5. The van der Waals surface area contributed by atoms with Gasteiger partial charge in [-0.2, -0.15) is 0 Å². The van der Waals surface area contributed by atoms with Crippen LogP contribution in [0.15, 0.2) is 23.0 Å². The van der Waals surface area contributed by atoms with E-state index in [-0.39, 0.29) is 40.4 Å². The summed E-state index contributed by atoms with van der Waals surface area (Å²) in [6.45, 7) is 5.82. The summed E-state index contributed by atoms with van der Waals surface area (Å²) in [7, 11) is 0. The van der Waals surface area contributed by atoms with Gasteiger partial charge in [-0.05, 0) is 72.8 Å². The Kier molecular flexibility index (Phi) is 4.55. The lowest BCUT2D eigenvalue weighted by Crippen LogP contribution is -2.56. The predicted molar refractivity (Wildman–Crippen MR) is 103 cm³/mol. The van der Waals surface area contributed by atoms with E-state index in [1.807, 2.05) is 6.08 Å². The van der Waals surface area contributed by atoms with Crippen LogP contribution in [-0.4, -0.2) is 29.2 Å². The summed E-state index contributed by atoms with van der Waals surface area (Å²) in [5.74, 6) is 0.669. The summed E-state index contributed by atoms with van der Waals surface area (Å²) in [5.41, 5.74) is 1.59. The molecule has 28 heavy (non-hydrogen) atoms. The lowest BCUT2D eigenvalue weighted by Gasteiger charge is -2.59. The van der Waals surface area contributed by atoms with Gasteiger partial charge in [0.2, 0.25) is 0 Å². The first-order chi connectivity index (χ1) is 13.2. The number of aliphatic hydroxyl groups excluding tert-OH is 1. The van der Waals surface area contributed by atoms with Crippen molar-refractivity contribution >= 4 is 18.0 Å². The quantitative estimate of drug-likeness (QED) is 0.335. The van der Waals surface area contributed by atoms with Crippen molar-refractivity contribution in [2.24, 2.45) is 28.6 Å². The number of rotatable bonds is 2. The SMILES string of the molecule is CC(=O)OC1CC2(C)/C(=C(\O)C=O)CCC2C2CCC3=CC(=O)CCC3(C)C12. The number of hydrogen-bond acceptors (Lipinski definition) is 5. The molecule has 0 spiro atoms. The molecule has 0 aliphatic heterocycles. The molecule has 5 heteroatoms. The zero-order valence-electron chi connectivity index (χ0n) is 17.0. The van der Waals surface area contributed by atoms with Crippen molar-refractivity contribution in [3.8, 4) is 0 Å². The van der Waals surface area contributed by atoms with Crippen molar-refractivity contribution in [1.29, 1.82) is 0 Å². The molecule has 0 bridgehead atoms. The Morgan fingerprint density at radius 3 is 2.64 bits per heavy atom. The molecule has 152 valence electrons. The Balaban J connectivity index is 1.80. The van der Waals surface area contributed by atoms with Crippen molar-refractivity contribution in [3.63, 3.8) is 0 Å². The van der Waals surface area contributed by atoms with E-state index in [4.69, 9.17) is 4.74 Å². The molecule has 6 unspecified atom stereocenters. The lowest BCUT2D eigenvalue weighted by atomic mass is 9.46. The highest BCUT2D eigenvalue weighted by atomic mass is 16.5. The van der Waals surface area contributed by atoms with Crippen molar-refractivity contribution in [1.82, 2.24) is 0 Å². The monoisotopic (exact) mass is 386 g/mol. The fourth-order valence-electron chi connectivity index (χ4n) is 7.28. The average Bonchev–Trinajstić information content (AvgIpc) is 2.97. The summed E-state index contributed by atoms with van der Waals surface area (Å²) in [6, 6.07) is 0. The minimum Gasteiger partial charge on any atom is -0.505 e. The van der Waals surface area contributed by atoms with Gasteiger partial charge in [0.05, 0.1) is 0 Å². The number of fused-ring (bicyclic) bond motifs is 5. The number of hydrogen-bond donors (Lipinski definition) is 1. The summed E-state index contributed by atoms with van der Waals surface area (Å²) in [4.78, 5) is 35.3. The van der Waals surface area contributed by atoms with Gasteiger partial charge in [0.15, 0.2) is 17.8 Å². The zero-order chi connectivity index (χ0) is 20.3. The maximum absolute atomic E-state index is 12.0. The summed E-state index contributed by atoms with van der Waals surface area (Å²) >= 11 is 0. The molecule has 0 saturated heterocycles.